The number of benzene rings is 1. The molecule has 1 N–H and O–H groups in total. The van der Waals surface area contributed by atoms with Crippen molar-refractivity contribution in [1.29, 1.82) is 0 Å². The molecule has 0 aliphatic rings. The van der Waals surface area contributed by atoms with Crippen molar-refractivity contribution in [2.75, 3.05) is 13.1 Å². The third-order valence-corrected chi connectivity index (χ3v) is 3.95. The molecular formula is C16H26FN. The van der Waals surface area contributed by atoms with Crippen LogP contribution in [0.15, 0.2) is 24.3 Å². The van der Waals surface area contributed by atoms with Gasteiger partial charge in [0, 0.05) is 6.54 Å². The lowest BCUT2D eigenvalue weighted by Gasteiger charge is -2.32. The summed E-state index contributed by atoms with van der Waals surface area (Å²) in [6.07, 6.45) is 4.12. The molecule has 0 amide bonds. The van der Waals surface area contributed by atoms with Gasteiger partial charge in [0.25, 0.3) is 0 Å². The van der Waals surface area contributed by atoms with Crippen molar-refractivity contribution in [2.24, 2.45) is 5.41 Å². The average Bonchev–Trinajstić information content (AvgIpc) is 2.40. The summed E-state index contributed by atoms with van der Waals surface area (Å²) in [6.45, 7) is 8.60. The number of hydrogen-bond donors (Lipinski definition) is 1. The predicted molar refractivity (Wildman–Crippen MR) is 76.3 cm³/mol. The fourth-order valence-electron chi connectivity index (χ4n) is 2.39. The van der Waals surface area contributed by atoms with Crippen LogP contribution >= 0.6 is 0 Å². The Balaban J connectivity index is 2.75. The molecule has 2 heteroatoms. The summed E-state index contributed by atoms with van der Waals surface area (Å²) >= 11 is 0. The molecule has 0 saturated heterocycles. The SMILES string of the molecule is CCCNCC(CC)(CC)Cc1ccccc1F. The summed E-state index contributed by atoms with van der Waals surface area (Å²) < 4.78 is 13.8. The monoisotopic (exact) mass is 251 g/mol. The third kappa shape index (κ3) is 4.09. The lowest BCUT2D eigenvalue weighted by atomic mass is 9.76. The van der Waals surface area contributed by atoms with Crippen LogP contribution in [-0.4, -0.2) is 13.1 Å². The quantitative estimate of drug-likeness (QED) is 0.684. The summed E-state index contributed by atoms with van der Waals surface area (Å²) in [7, 11) is 0. The largest absolute Gasteiger partial charge is 0.316 e. The molecule has 0 spiro atoms. The lowest BCUT2D eigenvalue weighted by molar-refractivity contribution is 0.244. The van der Waals surface area contributed by atoms with Crippen LogP contribution in [0.5, 0.6) is 0 Å². The Morgan fingerprint density at radius 3 is 2.33 bits per heavy atom. The van der Waals surface area contributed by atoms with Gasteiger partial charge in [-0.3, -0.25) is 0 Å². The third-order valence-electron chi connectivity index (χ3n) is 3.95. The number of rotatable bonds is 8. The molecular weight excluding hydrogens is 225 g/mol. The van der Waals surface area contributed by atoms with Crippen molar-refractivity contribution in [2.45, 2.75) is 46.5 Å². The Morgan fingerprint density at radius 1 is 1.11 bits per heavy atom. The lowest BCUT2D eigenvalue weighted by Crippen LogP contribution is -2.36. The van der Waals surface area contributed by atoms with Gasteiger partial charge in [0.15, 0.2) is 0 Å². The van der Waals surface area contributed by atoms with Crippen LogP contribution in [0.2, 0.25) is 0 Å². The van der Waals surface area contributed by atoms with Gasteiger partial charge in [-0.25, -0.2) is 4.39 Å². The fraction of sp³-hybridized carbons (Fsp3) is 0.625. The molecule has 0 aromatic heterocycles. The maximum atomic E-state index is 13.8. The molecule has 0 bridgehead atoms. The molecule has 0 radical (unpaired) electrons. The molecule has 18 heavy (non-hydrogen) atoms. The second-order valence-corrected chi connectivity index (χ2v) is 5.15. The summed E-state index contributed by atoms with van der Waals surface area (Å²) in [4.78, 5) is 0. The smallest absolute Gasteiger partial charge is 0.126 e. The van der Waals surface area contributed by atoms with Gasteiger partial charge < -0.3 is 5.32 Å². The first-order valence-corrected chi connectivity index (χ1v) is 7.11. The maximum absolute atomic E-state index is 13.8. The van der Waals surface area contributed by atoms with Crippen LogP contribution in [-0.2, 0) is 6.42 Å². The van der Waals surface area contributed by atoms with E-state index in [1.165, 1.54) is 0 Å². The number of halogens is 1. The first kappa shape index (κ1) is 15.2. The van der Waals surface area contributed by atoms with Gasteiger partial charge in [0.05, 0.1) is 0 Å². The molecule has 1 nitrogen and oxygen atoms in total. The minimum absolute atomic E-state index is 0.0701. The predicted octanol–water partition coefficient (Wildman–Crippen LogP) is 4.17. The molecule has 0 unspecified atom stereocenters. The fourth-order valence-corrected chi connectivity index (χ4v) is 2.39. The van der Waals surface area contributed by atoms with Crippen molar-refractivity contribution in [1.82, 2.24) is 5.32 Å². The second-order valence-electron chi connectivity index (χ2n) is 5.15. The zero-order valence-electron chi connectivity index (χ0n) is 11.9. The highest BCUT2D eigenvalue weighted by molar-refractivity contribution is 5.19. The van der Waals surface area contributed by atoms with E-state index in [-0.39, 0.29) is 11.2 Å². The van der Waals surface area contributed by atoms with E-state index >= 15 is 0 Å². The summed E-state index contributed by atoms with van der Waals surface area (Å²) in [6, 6.07) is 7.15. The molecule has 0 atom stereocenters. The molecule has 0 aliphatic carbocycles. The van der Waals surface area contributed by atoms with Crippen molar-refractivity contribution >= 4 is 0 Å². The van der Waals surface area contributed by atoms with Crippen molar-refractivity contribution in [3.63, 3.8) is 0 Å². The molecule has 0 aliphatic heterocycles. The van der Waals surface area contributed by atoms with Crippen LogP contribution in [0.1, 0.15) is 45.6 Å². The molecule has 1 rings (SSSR count). The van der Waals surface area contributed by atoms with Crippen LogP contribution in [0, 0.1) is 11.2 Å². The Kier molecular flexibility index (Phi) is 6.34. The molecule has 0 fully saturated rings. The minimum Gasteiger partial charge on any atom is -0.316 e. The van der Waals surface area contributed by atoms with Gasteiger partial charge in [-0.2, -0.15) is 0 Å². The van der Waals surface area contributed by atoms with Crippen LogP contribution < -0.4 is 5.32 Å². The minimum atomic E-state index is -0.0701. The molecule has 1 aromatic carbocycles. The van der Waals surface area contributed by atoms with Crippen LogP contribution in [0.4, 0.5) is 4.39 Å². The molecule has 1 aromatic rings. The average molecular weight is 251 g/mol. The Bertz CT molecular complexity index is 345. The highest BCUT2D eigenvalue weighted by atomic mass is 19.1. The van der Waals surface area contributed by atoms with E-state index < -0.39 is 0 Å². The zero-order valence-corrected chi connectivity index (χ0v) is 11.9. The van der Waals surface area contributed by atoms with Gasteiger partial charge in [0.1, 0.15) is 5.82 Å². The summed E-state index contributed by atoms with van der Waals surface area (Å²) in [5, 5.41) is 3.50. The molecule has 0 heterocycles. The van der Waals surface area contributed by atoms with Gasteiger partial charge >= 0.3 is 0 Å². The van der Waals surface area contributed by atoms with E-state index in [9.17, 15) is 4.39 Å². The van der Waals surface area contributed by atoms with Gasteiger partial charge in [-0.15, -0.1) is 0 Å². The zero-order chi connectivity index (χ0) is 13.4. The normalized spacial score (nSPS) is 11.8. The van der Waals surface area contributed by atoms with Crippen LogP contribution in [0.3, 0.4) is 0 Å². The van der Waals surface area contributed by atoms with Gasteiger partial charge in [-0.05, 0) is 49.3 Å². The molecule has 102 valence electrons. The van der Waals surface area contributed by atoms with Crippen molar-refractivity contribution in [3.8, 4) is 0 Å². The first-order chi connectivity index (χ1) is 8.67. The standard InChI is InChI=1S/C16H26FN/c1-4-11-18-13-16(5-2,6-3)12-14-9-7-8-10-15(14)17/h7-10,18H,4-6,11-13H2,1-3H3. The first-order valence-electron chi connectivity index (χ1n) is 7.11. The van der Waals surface area contributed by atoms with Gasteiger partial charge in [0.2, 0.25) is 0 Å². The second kappa shape index (κ2) is 7.52. The van der Waals surface area contributed by atoms with E-state index in [4.69, 9.17) is 0 Å². The van der Waals surface area contributed by atoms with Crippen molar-refractivity contribution in [3.05, 3.63) is 35.6 Å². The van der Waals surface area contributed by atoms with E-state index in [1.807, 2.05) is 12.1 Å². The highest BCUT2D eigenvalue weighted by Crippen LogP contribution is 2.31. The van der Waals surface area contributed by atoms with E-state index in [2.05, 4.69) is 26.1 Å². The van der Waals surface area contributed by atoms with Crippen molar-refractivity contribution < 1.29 is 4.39 Å². The van der Waals surface area contributed by atoms with Crippen LogP contribution in [0.25, 0.3) is 0 Å². The Labute approximate surface area is 111 Å². The van der Waals surface area contributed by atoms with Gasteiger partial charge in [-0.1, -0.05) is 39.0 Å². The molecule has 0 saturated carbocycles. The van der Waals surface area contributed by atoms with E-state index in [1.54, 1.807) is 12.1 Å². The summed E-state index contributed by atoms with van der Waals surface area (Å²) in [5.74, 6) is -0.0701. The summed E-state index contributed by atoms with van der Waals surface area (Å²) in [5.41, 5.74) is 1.02. The maximum Gasteiger partial charge on any atom is 0.126 e. The Hall–Kier alpha value is -0.890. The highest BCUT2D eigenvalue weighted by Gasteiger charge is 2.27. The Morgan fingerprint density at radius 2 is 1.78 bits per heavy atom. The van der Waals surface area contributed by atoms with E-state index in [0.717, 1.165) is 44.3 Å². The number of nitrogens with one attached hydrogen (secondary N) is 1. The number of hydrogen-bond acceptors (Lipinski definition) is 1. The topological polar surface area (TPSA) is 12.0 Å². The van der Waals surface area contributed by atoms with E-state index in [0.29, 0.717) is 0 Å².